The molecule has 6 nitrogen and oxygen atoms in total. The molecule has 3 heterocycles. The second-order valence-electron chi connectivity index (χ2n) is 5.65. The van der Waals surface area contributed by atoms with Crippen molar-refractivity contribution in [2.45, 2.75) is 25.5 Å². The van der Waals surface area contributed by atoms with Gasteiger partial charge in [0.1, 0.15) is 0 Å². The maximum Gasteiger partial charge on any atom is 0.255 e. The largest absolute Gasteiger partial charge is 0.356 e. The molecule has 0 unspecified atom stereocenters. The van der Waals surface area contributed by atoms with Crippen molar-refractivity contribution in [3.63, 3.8) is 0 Å². The minimum Gasteiger partial charge on any atom is -0.356 e. The highest BCUT2D eigenvalue weighted by Gasteiger charge is 2.05. The van der Waals surface area contributed by atoms with Crippen molar-refractivity contribution in [1.82, 2.24) is 19.9 Å². The summed E-state index contributed by atoms with van der Waals surface area (Å²) in [5.41, 5.74) is 2.87. The van der Waals surface area contributed by atoms with E-state index in [1.165, 1.54) is 0 Å². The monoisotopic (exact) mass is 447 g/mol. The normalized spacial score (nSPS) is 10.1. The highest BCUT2D eigenvalue weighted by atomic mass is 35.5. The molecule has 0 aromatic carbocycles. The quantitative estimate of drug-likeness (QED) is 0.431. The van der Waals surface area contributed by atoms with Gasteiger partial charge in [-0.25, -0.2) is 9.97 Å². The predicted molar refractivity (Wildman–Crippen MR) is 119 cm³/mol. The molecule has 3 N–H and O–H groups in total. The van der Waals surface area contributed by atoms with Gasteiger partial charge in [0.15, 0.2) is 0 Å². The average Bonchev–Trinajstić information content (AvgIpc) is 3.25. The van der Waals surface area contributed by atoms with E-state index in [-0.39, 0.29) is 30.4 Å². The molecule has 148 valence electrons. The Kier molecular flexibility index (Phi) is 10.5. The number of nitrogens with one attached hydrogen (secondary N) is 3. The topological polar surface area (TPSA) is 86.5 Å². The van der Waals surface area contributed by atoms with E-state index in [4.69, 9.17) is 0 Å². The Balaban J connectivity index is 0.00000182. The van der Waals surface area contributed by atoms with Gasteiger partial charge in [-0.15, -0.1) is 36.2 Å². The van der Waals surface area contributed by atoms with Gasteiger partial charge in [-0.05, 0) is 30.5 Å². The molecule has 0 saturated carbocycles. The molecule has 0 aliphatic heterocycles. The van der Waals surface area contributed by atoms with E-state index in [1.807, 2.05) is 36.2 Å². The number of thiophene rings is 1. The highest BCUT2D eigenvalue weighted by molar-refractivity contribution is 7.98. The number of hydrogen-bond acceptors (Lipinski definition) is 6. The van der Waals surface area contributed by atoms with Crippen molar-refractivity contribution < 1.29 is 0 Å². The van der Waals surface area contributed by atoms with Gasteiger partial charge in [0.05, 0.1) is 12.0 Å². The lowest BCUT2D eigenvalue weighted by atomic mass is 10.2. The SMILES string of the molecule is Cc1[nH]cnc1CSCCCNc1ncc(Cc2cccs2)c(=O)[nH]1.Cl.Cl. The van der Waals surface area contributed by atoms with Crippen LogP contribution in [0.4, 0.5) is 5.95 Å². The summed E-state index contributed by atoms with van der Waals surface area (Å²) >= 11 is 3.50. The number of anilines is 1. The van der Waals surface area contributed by atoms with Gasteiger partial charge < -0.3 is 10.3 Å². The molecule has 0 aliphatic rings. The van der Waals surface area contributed by atoms with Crippen LogP contribution < -0.4 is 10.9 Å². The Morgan fingerprint density at radius 3 is 2.81 bits per heavy atom. The number of H-pyrrole nitrogens is 2. The van der Waals surface area contributed by atoms with Crippen LogP contribution in [0.5, 0.6) is 0 Å². The van der Waals surface area contributed by atoms with Crippen LogP contribution in [0, 0.1) is 6.92 Å². The molecule has 0 aliphatic carbocycles. The number of rotatable bonds is 9. The van der Waals surface area contributed by atoms with Crippen LogP contribution in [-0.2, 0) is 12.2 Å². The maximum absolute atomic E-state index is 12.1. The van der Waals surface area contributed by atoms with Crippen molar-refractivity contribution in [1.29, 1.82) is 0 Å². The molecule has 27 heavy (non-hydrogen) atoms. The molecule has 0 spiro atoms. The first-order valence-corrected chi connectivity index (χ1v) is 10.2. The standard InChI is InChI=1S/C17H21N5OS2.2ClH/c1-12-15(21-11-20-12)10-24-6-3-5-18-17-19-9-13(16(23)22-17)8-14-4-2-7-25-14;;/h2,4,7,9,11H,3,5-6,8,10H2,1H3,(H,20,21)(H2,18,19,22,23);2*1H. The summed E-state index contributed by atoms with van der Waals surface area (Å²) in [7, 11) is 0. The van der Waals surface area contributed by atoms with Crippen molar-refractivity contribution in [3.8, 4) is 0 Å². The first-order chi connectivity index (χ1) is 12.2. The van der Waals surface area contributed by atoms with Crippen LogP contribution >= 0.6 is 47.9 Å². The summed E-state index contributed by atoms with van der Waals surface area (Å²) in [6.07, 6.45) is 5.02. The molecular formula is C17H23Cl2N5OS2. The van der Waals surface area contributed by atoms with Gasteiger partial charge in [0.25, 0.3) is 5.56 Å². The Morgan fingerprint density at radius 1 is 1.30 bits per heavy atom. The number of aromatic nitrogens is 4. The minimum atomic E-state index is -0.0747. The van der Waals surface area contributed by atoms with E-state index in [9.17, 15) is 4.79 Å². The van der Waals surface area contributed by atoms with Crippen LogP contribution in [0.1, 0.15) is 28.2 Å². The van der Waals surface area contributed by atoms with E-state index < -0.39 is 0 Å². The number of nitrogens with zero attached hydrogens (tertiary/aromatic N) is 2. The molecule has 0 amide bonds. The zero-order chi connectivity index (χ0) is 17.5. The van der Waals surface area contributed by atoms with Crippen molar-refractivity contribution in [3.05, 3.63) is 62.2 Å². The number of hydrogen-bond donors (Lipinski definition) is 3. The third kappa shape index (κ3) is 7.21. The first-order valence-electron chi connectivity index (χ1n) is 8.13. The number of aromatic amines is 2. The molecule has 0 atom stereocenters. The van der Waals surface area contributed by atoms with E-state index in [0.717, 1.165) is 40.7 Å². The van der Waals surface area contributed by atoms with Crippen LogP contribution in [0.3, 0.4) is 0 Å². The van der Waals surface area contributed by atoms with E-state index in [1.54, 1.807) is 23.9 Å². The number of imidazole rings is 1. The van der Waals surface area contributed by atoms with E-state index >= 15 is 0 Å². The number of halogens is 2. The molecule has 0 fully saturated rings. The molecule has 0 bridgehead atoms. The van der Waals surface area contributed by atoms with Gasteiger partial charge in [-0.1, -0.05) is 6.07 Å². The van der Waals surface area contributed by atoms with Crippen LogP contribution in [0.15, 0.2) is 34.8 Å². The van der Waals surface area contributed by atoms with Gasteiger partial charge >= 0.3 is 0 Å². The Bertz CT molecular complexity index is 851. The zero-order valence-corrected chi connectivity index (χ0v) is 18.1. The number of thioether (sulfide) groups is 1. The lowest BCUT2D eigenvalue weighted by molar-refractivity contribution is 0.944. The Hall–Kier alpha value is -1.48. The summed E-state index contributed by atoms with van der Waals surface area (Å²) in [6.45, 7) is 2.81. The Morgan fingerprint density at radius 2 is 2.15 bits per heavy atom. The van der Waals surface area contributed by atoms with Crippen LogP contribution in [0.25, 0.3) is 0 Å². The number of aryl methyl sites for hydroxylation is 1. The van der Waals surface area contributed by atoms with Crippen molar-refractivity contribution >= 4 is 53.9 Å². The minimum absolute atomic E-state index is 0. The molecule has 10 heteroatoms. The molecule has 0 radical (unpaired) electrons. The highest BCUT2D eigenvalue weighted by Crippen LogP contribution is 2.14. The third-order valence-electron chi connectivity index (χ3n) is 3.75. The van der Waals surface area contributed by atoms with E-state index in [2.05, 4.69) is 25.3 Å². The lowest BCUT2D eigenvalue weighted by Crippen LogP contribution is -2.17. The fourth-order valence-corrected chi connectivity index (χ4v) is 4.03. The van der Waals surface area contributed by atoms with Crippen LogP contribution in [0.2, 0.25) is 0 Å². The molecule has 0 saturated heterocycles. The van der Waals surface area contributed by atoms with Crippen molar-refractivity contribution in [2.75, 3.05) is 17.6 Å². The maximum atomic E-state index is 12.1. The zero-order valence-electron chi connectivity index (χ0n) is 14.9. The van der Waals surface area contributed by atoms with Crippen LogP contribution in [-0.4, -0.2) is 32.2 Å². The molecule has 3 rings (SSSR count). The summed E-state index contributed by atoms with van der Waals surface area (Å²) in [6, 6.07) is 4.02. The fourth-order valence-electron chi connectivity index (χ4n) is 2.32. The fraction of sp³-hybridized carbons (Fsp3) is 0.353. The average molecular weight is 448 g/mol. The van der Waals surface area contributed by atoms with Gasteiger partial charge in [0.2, 0.25) is 5.95 Å². The second-order valence-corrected chi connectivity index (χ2v) is 7.79. The van der Waals surface area contributed by atoms with Gasteiger partial charge in [-0.2, -0.15) is 11.8 Å². The predicted octanol–water partition coefficient (Wildman–Crippen LogP) is 4.03. The summed E-state index contributed by atoms with van der Waals surface area (Å²) in [4.78, 5) is 27.8. The smallest absolute Gasteiger partial charge is 0.255 e. The third-order valence-corrected chi connectivity index (χ3v) is 5.68. The van der Waals surface area contributed by atoms with Crippen molar-refractivity contribution in [2.24, 2.45) is 0 Å². The first kappa shape index (κ1) is 23.6. The summed E-state index contributed by atoms with van der Waals surface area (Å²) in [5.74, 6) is 2.48. The summed E-state index contributed by atoms with van der Waals surface area (Å²) < 4.78 is 0. The van der Waals surface area contributed by atoms with E-state index in [0.29, 0.717) is 17.9 Å². The molecule has 3 aromatic heterocycles. The van der Waals surface area contributed by atoms with Gasteiger partial charge in [0, 0.05) is 41.0 Å². The van der Waals surface area contributed by atoms with Gasteiger partial charge in [-0.3, -0.25) is 9.78 Å². The molecular weight excluding hydrogens is 425 g/mol. The lowest BCUT2D eigenvalue weighted by Gasteiger charge is -2.06. The molecule has 3 aromatic rings. The second kappa shape index (κ2) is 12.1. The summed E-state index contributed by atoms with van der Waals surface area (Å²) in [5, 5.41) is 5.19. The Labute approximate surface area is 178 Å².